The van der Waals surface area contributed by atoms with Gasteiger partial charge in [0.1, 0.15) is 5.82 Å². The maximum absolute atomic E-state index is 13.7. The minimum absolute atomic E-state index is 0.136. The van der Waals surface area contributed by atoms with Gasteiger partial charge >= 0.3 is 0 Å². The number of rotatable bonds is 5. The molecule has 1 fully saturated rings. The number of ether oxygens (including phenoxy) is 1. The molecule has 1 amide bonds. The summed E-state index contributed by atoms with van der Waals surface area (Å²) in [5.74, 6) is -3.85. The predicted octanol–water partition coefficient (Wildman–Crippen LogP) is 4.61. The molecule has 3 atom stereocenters. The van der Waals surface area contributed by atoms with E-state index >= 15 is 0 Å². The van der Waals surface area contributed by atoms with Gasteiger partial charge in [-0.2, -0.15) is 0 Å². The van der Waals surface area contributed by atoms with Gasteiger partial charge in [0.15, 0.2) is 11.6 Å². The van der Waals surface area contributed by atoms with Crippen molar-refractivity contribution in [3.63, 3.8) is 0 Å². The van der Waals surface area contributed by atoms with Gasteiger partial charge in [-0.1, -0.05) is 12.1 Å². The van der Waals surface area contributed by atoms with Crippen LogP contribution in [-0.4, -0.2) is 31.2 Å². The maximum atomic E-state index is 13.7. The molecule has 4 nitrogen and oxygen atoms in total. The second-order valence-corrected chi connectivity index (χ2v) is 7.61. The van der Waals surface area contributed by atoms with Gasteiger partial charge in [-0.3, -0.25) is 4.79 Å². The Labute approximate surface area is 174 Å². The molecular formula is C23H25F3N2O2. The monoisotopic (exact) mass is 418 g/mol. The van der Waals surface area contributed by atoms with Gasteiger partial charge in [0, 0.05) is 36.5 Å². The molecule has 160 valence electrons. The fourth-order valence-electron chi connectivity index (χ4n) is 3.56. The number of nitrogens with one attached hydrogen (secondary N) is 1. The van der Waals surface area contributed by atoms with Crippen LogP contribution in [0.4, 0.5) is 18.9 Å². The Kier molecular flexibility index (Phi) is 6.82. The van der Waals surface area contributed by atoms with Crippen LogP contribution in [-0.2, 0) is 9.53 Å². The van der Waals surface area contributed by atoms with Crippen LogP contribution in [0.25, 0.3) is 6.08 Å². The summed E-state index contributed by atoms with van der Waals surface area (Å²) in [6.45, 7) is 7.50. The van der Waals surface area contributed by atoms with Gasteiger partial charge in [0.05, 0.1) is 18.2 Å². The Balaban J connectivity index is 1.66. The first-order valence-electron chi connectivity index (χ1n) is 9.86. The smallest absolute Gasteiger partial charge is 0.244 e. The Bertz CT molecular complexity index is 938. The summed E-state index contributed by atoms with van der Waals surface area (Å²) in [4.78, 5) is 14.5. The van der Waals surface area contributed by atoms with Crippen LogP contribution in [0.1, 0.15) is 37.9 Å². The lowest BCUT2D eigenvalue weighted by Gasteiger charge is -2.37. The number of amides is 1. The van der Waals surface area contributed by atoms with E-state index in [0.29, 0.717) is 12.1 Å². The van der Waals surface area contributed by atoms with Crippen molar-refractivity contribution in [2.45, 2.75) is 39.0 Å². The third-order valence-corrected chi connectivity index (χ3v) is 4.97. The summed E-state index contributed by atoms with van der Waals surface area (Å²) < 4.78 is 45.7. The van der Waals surface area contributed by atoms with E-state index in [-0.39, 0.29) is 23.8 Å². The Morgan fingerprint density at radius 3 is 2.47 bits per heavy atom. The second-order valence-electron chi connectivity index (χ2n) is 7.61. The molecule has 30 heavy (non-hydrogen) atoms. The molecule has 0 saturated carbocycles. The number of carbonyl (C=O) groups excluding carboxylic acids is 1. The number of morpholine rings is 1. The zero-order valence-corrected chi connectivity index (χ0v) is 17.2. The third-order valence-electron chi connectivity index (χ3n) is 4.97. The fourth-order valence-corrected chi connectivity index (χ4v) is 3.56. The molecule has 1 saturated heterocycles. The Morgan fingerprint density at radius 1 is 1.10 bits per heavy atom. The number of halogens is 3. The number of benzene rings is 2. The quantitative estimate of drug-likeness (QED) is 0.570. The molecule has 1 aliphatic heterocycles. The number of hydrogen-bond donors (Lipinski definition) is 1. The minimum atomic E-state index is -1.27. The van der Waals surface area contributed by atoms with Gasteiger partial charge < -0.3 is 15.0 Å². The summed E-state index contributed by atoms with van der Waals surface area (Å²) in [6, 6.07) is 8.77. The van der Waals surface area contributed by atoms with E-state index in [4.69, 9.17) is 4.74 Å². The molecule has 0 unspecified atom stereocenters. The van der Waals surface area contributed by atoms with Crippen LogP contribution < -0.4 is 10.2 Å². The molecule has 7 heteroatoms. The lowest BCUT2D eigenvalue weighted by molar-refractivity contribution is -0.117. The van der Waals surface area contributed by atoms with Crippen molar-refractivity contribution in [2.75, 3.05) is 18.0 Å². The SMILES string of the molecule is C[C@@H]1CN(c2cccc([C@H](C)NC(=O)C=Cc3cc(F)c(F)cc3F)c2)C[C@H](C)O1. The lowest BCUT2D eigenvalue weighted by atomic mass is 10.1. The first kappa shape index (κ1) is 21.9. The third kappa shape index (κ3) is 5.42. The number of anilines is 1. The lowest BCUT2D eigenvalue weighted by Crippen LogP contribution is -2.45. The molecule has 0 radical (unpaired) electrons. The summed E-state index contributed by atoms with van der Waals surface area (Å²) in [5.41, 5.74) is 1.77. The van der Waals surface area contributed by atoms with Crippen LogP contribution in [0.2, 0.25) is 0 Å². The van der Waals surface area contributed by atoms with Gasteiger partial charge in [-0.15, -0.1) is 0 Å². The molecule has 3 rings (SSSR count). The summed E-state index contributed by atoms with van der Waals surface area (Å²) in [5, 5.41) is 2.80. The molecule has 0 aliphatic carbocycles. The highest BCUT2D eigenvalue weighted by Crippen LogP contribution is 2.24. The van der Waals surface area contributed by atoms with Crippen molar-refractivity contribution in [2.24, 2.45) is 0 Å². The van der Waals surface area contributed by atoms with Crippen molar-refractivity contribution in [3.05, 3.63) is 71.1 Å². The van der Waals surface area contributed by atoms with Gasteiger partial charge in [-0.25, -0.2) is 13.2 Å². The largest absolute Gasteiger partial charge is 0.372 e. The van der Waals surface area contributed by atoms with E-state index in [1.807, 2.05) is 45.0 Å². The molecule has 0 spiro atoms. The normalized spacial score (nSPS) is 20.4. The first-order chi connectivity index (χ1) is 14.2. The highest BCUT2D eigenvalue weighted by molar-refractivity contribution is 5.92. The summed E-state index contributed by atoms with van der Waals surface area (Å²) in [7, 11) is 0. The zero-order chi connectivity index (χ0) is 21.8. The van der Waals surface area contributed by atoms with Crippen molar-refractivity contribution in [1.82, 2.24) is 5.32 Å². The summed E-state index contributed by atoms with van der Waals surface area (Å²) in [6.07, 6.45) is 2.49. The number of nitrogens with zero attached hydrogens (tertiary/aromatic N) is 1. The second kappa shape index (κ2) is 9.34. The van der Waals surface area contributed by atoms with E-state index in [2.05, 4.69) is 10.2 Å². The van der Waals surface area contributed by atoms with Crippen LogP contribution in [0.5, 0.6) is 0 Å². The maximum Gasteiger partial charge on any atom is 0.244 e. The number of hydrogen-bond acceptors (Lipinski definition) is 3. The molecular weight excluding hydrogens is 393 g/mol. The molecule has 2 aromatic carbocycles. The predicted molar refractivity (Wildman–Crippen MR) is 111 cm³/mol. The average Bonchev–Trinajstić information content (AvgIpc) is 2.69. The topological polar surface area (TPSA) is 41.6 Å². The fraction of sp³-hybridized carbons (Fsp3) is 0.348. The number of carbonyl (C=O) groups is 1. The average molecular weight is 418 g/mol. The van der Waals surface area contributed by atoms with Gasteiger partial charge in [0.25, 0.3) is 0 Å². The standard InChI is InChI=1S/C23H25F3N2O2/c1-14-12-28(13-15(2)30-14)19-6-4-5-17(9-19)16(3)27-23(29)8-7-18-10-21(25)22(26)11-20(18)24/h4-11,14-16H,12-13H2,1-3H3,(H,27,29)/t14-,15+,16-/m0/s1. The van der Waals surface area contributed by atoms with Crippen molar-refractivity contribution >= 4 is 17.7 Å². The molecule has 0 bridgehead atoms. The molecule has 2 aromatic rings. The van der Waals surface area contributed by atoms with E-state index < -0.39 is 23.4 Å². The van der Waals surface area contributed by atoms with Crippen LogP contribution in [0.15, 0.2) is 42.5 Å². The highest BCUT2D eigenvalue weighted by Gasteiger charge is 2.22. The molecule has 1 heterocycles. The van der Waals surface area contributed by atoms with Crippen molar-refractivity contribution < 1.29 is 22.7 Å². The minimum Gasteiger partial charge on any atom is -0.372 e. The molecule has 0 aromatic heterocycles. The first-order valence-corrected chi connectivity index (χ1v) is 9.86. The van der Waals surface area contributed by atoms with Crippen molar-refractivity contribution in [3.8, 4) is 0 Å². The van der Waals surface area contributed by atoms with E-state index in [1.54, 1.807) is 0 Å². The molecule has 1 aliphatic rings. The van der Waals surface area contributed by atoms with Crippen LogP contribution >= 0.6 is 0 Å². The Morgan fingerprint density at radius 2 is 1.77 bits per heavy atom. The van der Waals surface area contributed by atoms with Crippen LogP contribution in [0.3, 0.4) is 0 Å². The van der Waals surface area contributed by atoms with Crippen LogP contribution in [0, 0.1) is 17.5 Å². The zero-order valence-electron chi connectivity index (χ0n) is 17.2. The van der Waals surface area contributed by atoms with E-state index in [1.165, 1.54) is 0 Å². The molecule has 1 N–H and O–H groups in total. The summed E-state index contributed by atoms with van der Waals surface area (Å²) >= 11 is 0. The highest BCUT2D eigenvalue weighted by atomic mass is 19.2. The van der Waals surface area contributed by atoms with Gasteiger partial charge in [0.2, 0.25) is 5.91 Å². The van der Waals surface area contributed by atoms with E-state index in [0.717, 1.165) is 36.5 Å². The van der Waals surface area contributed by atoms with E-state index in [9.17, 15) is 18.0 Å². The Hall–Kier alpha value is -2.80. The van der Waals surface area contributed by atoms with Crippen molar-refractivity contribution in [1.29, 1.82) is 0 Å². The van der Waals surface area contributed by atoms with Gasteiger partial charge in [-0.05, 0) is 50.6 Å².